The number of hydrogen-bond donors (Lipinski definition) is 2. The van der Waals surface area contributed by atoms with Crippen LogP contribution in [0.15, 0.2) is 0 Å². The summed E-state index contributed by atoms with van der Waals surface area (Å²) in [7, 11) is 0. The van der Waals surface area contributed by atoms with Gasteiger partial charge in [-0.1, -0.05) is 0 Å². The molecule has 0 saturated carbocycles. The summed E-state index contributed by atoms with van der Waals surface area (Å²) in [5.41, 5.74) is 4.02. The Bertz CT molecular complexity index is 158. The van der Waals surface area contributed by atoms with Crippen molar-refractivity contribution < 1.29 is 9.90 Å². The largest absolute Gasteiger partial charge is 0.389 e. The molecule has 1 amide bonds. The summed E-state index contributed by atoms with van der Waals surface area (Å²) in [6.45, 7) is 3.12. The molecule has 0 fully saturated rings. The zero-order chi connectivity index (χ0) is 9.78. The summed E-state index contributed by atoms with van der Waals surface area (Å²) in [6, 6.07) is 0. The second-order valence-electron chi connectivity index (χ2n) is 3.00. The summed E-state index contributed by atoms with van der Waals surface area (Å²) in [5.74, 6) is 0.557. The Kier molecular flexibility index (Phi) is 4.97. The van der Waals surface area contributed by atoms with Gasteiger partial charge in [-0.2, -0.15) is 0 Å². The normalized spacial score (nSPS) is 14.3. The van der Waals surface area contributed by atoms with E-state index in [1.54, 1.807) is 13.8 Å². The SMILES string of the molecule is CC(C)(O)C(SCCCl)C(N)=O. The fraction of sp³-hybridized carbons (Fsp3) is 0.857. The molecule has 0 rings (SSSR count). The lowest BCUT2D eigenvalue weighted by molar-refractivity contribution is -0.120. The second-order valence-corrected chi connectivity index (χ2v) is 4.59. The first-order chi connectivity index (χ1) is 5.39. The molecule has 72 valence electrons. The maximum Gasteiger partial charge on any atom is 0.233 e. The Morgan fingerprint density at radius 1 is 1.75 bits per heavy atom. The van der Waals surface area contributed by atoms with Crippen molar-refractivity contribution in [2.24, 2.45) is 5.73 Å². The van der Waals surface area contributed by atoms with Crippen molar-refractivity contribution in [2.75, 3.05) is 11.6 Å². The molecule has 0 aromatic rings. The summed E-state index contributed by atoms with van der Waals surface area (Å²) in [4.78, 5) is 10.9. The number of nitrogens with two attached hydrogens (primary N) is 1. The molecule has 0 spiro atoms. The molecule has 3 nitrogen and oxygen atoms in total. The number of carbonyl (C=O) groups is 1. The molecule has 1 unspecified atom stereocenters. The number of rotatable bonds is 5. The maximum atomic E-state index is 10.9. The molecule has 0 radical (unpaired) electrons. The van der Waals surface area contributed by atoms with Gasteiger partial charge in [0.25, 0.3) is 0 Å². The maximum absolute atomic E-state index is 10.9. The third-order valence-electron chi connectivity index (χ3n) is 1.26. The van der Waals surface area contributed by atoms with Gasteiger partial charge in [-0.3, -0.25) is 4.79 Å². The van der Waals surface area contributed by atoms with Gasteiger partial charge in [0.1, 0.15) is 5.25 Å². The minimum atomic E-state index is -1.08. The molecule has 0 bridgehead atoms. The van der Waals surface area contributed by atoms with E-state index in [2.05, 4.69) is 0 Å². The molecule has 12 heavy (non-hydrogen) atoms. The van der Waals surface area contributed by atoms with Crippen molar-refractivity contribution in [2.45, 2.75) is 24.7 Å². The number of carbonyl (C=O) groups excluding carboxylic acids is 1. The topological polar surface area (TPSA) is 63.3 Å². The first-order valence-corrected chi connectivity index (χ1v) is 5.17. The number of hydrogen-bond acceptors (Lipinski definition) is 3. The van der Waals surface area contributed by atoms with Crippen LogP contribution < -0.4 is 5.73 Å². The average Bonchev–Trinajstić information content (AvgIpc) is 1.84. The molecule has 3 N–H and O–H groups in total. The molecule has 0 aliphatic rings. The Morgan fingerprint density at radius 2 is 2.25 bits per heavy atom. The van der Waals surface area contributed by atoms with Crippen molar-refractivity contribution in [1.82, 2.24) is 0 Å². The van der Waals surface area contributed by atoms with Gasteiger partial charge in [0, 0.05) is 11.6 Å². The van der Waals surface area contributed by atoms with Gasteiger partial charge < -0.3 is 10.8 Å². The van der Waals surface area contributed by atoms with Crippen molar-refractivity contribution in [3.63, 3.8) is 0 Å². The molecule has 1 atom stereocenters. The molecule has 0 aliphatic heterocycles. The number of thioether (sulfide) groups is 1. The molecular formula is C7H14ClNO2S. The van der Waals surface area contributed by atoms with Crippen LogP contribution in [0.1, 0.15) is 13.8 Å². The lowest BCUT2D eigenvalue weighted by Gasteiger charge is -2.25. The standard InChI is InChI=1S/C7H14ClNO2S/c1-7(2,11)5(6(9)10)12-4-3-8/h5,11H,3-4H2,1-2H3,(H2,9,10). The summed E-state index contributed by atoms with van der Waals surface area (Å²) in [5, 5.41) is 8.92. The minimum Gasteiger partial charge on any atom is -0.389 e. The second kappa shape index (κ2) is 4.94. The Morgan fingerprint density at radius 3 is 2.50 bits per heavy atom. The third kappa shape index (κ3) is 4.18. The van der Waals surface area contributed by atoms with Gasteiger partial charge in [0.05, 0.1) is 5.60 Å². The van der Waals surface area contributed by atoms with E-state index in [1.807, 2.05) is 0 Å². The molecule has 0 saturated heterocycles. The van der Waals surface area contributed by atoms with Crippen LogP contribution in [0.2, 0.25) is 0 Å². The van der Waals surface area contributed by atoms with Gasteiger partial charge in [-0.15, -0.1) is 23.4 Å². The number of halogens is 1. The van der Waals surface area contributed by atoms with Crippen molar-refractivity contribution in [3.05, 3.63) is 0 Å². The predicted octanol–water partition coefficient (Wildman–Crippen LogP) is 0.583. The number of aliphatic hydroxyl groups is 1. The van der Waals surface area contributed by atoms with Gasteiger partial charge in [-0.05, 0) is 13.8 Å². The van der Waals surface area contributed by atoms with E-state index in [0.717, 1.165) is 0 Å². The van der Waals surface area contributed by atoms with Crippen LogP contribution in [0.4, 0.5) is 0 Å². The highest BCUT2D eigenvalue weighted by Crippen LogP contribution is 2.22. The zero-order valence-electron chi connectivity index (χ0n) is 7.21. The van der Waals surface area contributed by atoms with Gasteiger partial charge in [-0.25, -0.2) is 0 Å². The van der Waals surface area contributed by atoms with Crippen molar-refractivity contribution >= 4 is 29.3 Å². The van der Waals surface area contributed by atoms with Crippen LogP contribution in [0.3, 0.4) is 0 Å². The molecule has 0 heterocycles. The fourth-order valence-electron chi connectivity index (χ4n) is 0.797. The van der Waals surface area contributed by atoms with E-state index in [-0.39, 0.29) is 0 Å². The summed E-state index contributed by atoms with van der Waals surface area (Å²) < 4.78 is 0. The highest BCUT2D eigenvalue weighted by atomic mass is 35.5. The Hall–Kier alpha value is 0.0700. The lowest BCUT2D eigenvalue weighted by Crippen LogP contribution is -2.43. The minimum absolute atomic E-state index is 0.449. The number of amides is 1. The molecule has 5 heteroatoms. The van der Waals surface area contributed by atoms with E-state index in [1.165, 1.54) is 11.8 Å². The van der Waals surface area contributed by atoms with Crippen LogP contribution in [0.5, 0.6) is 0 Å². The van der Waals surface area contributed by atoms with E-state index >= 15 is 0 Å². The molecular weight excluding hydrogens is 198 g/mol. The van der Waals surface area contributed by atoms with Crippen LogP contribution >= 0.6 is 23.4 Å². The van der Waals surface area contributed by atoms with Gasteiger partial charge in [0.15, 0.2) is 0 Å². The molecule has 0 aromatic heterocycles. The summed E-state index contributed by atoms with van der Waals surface area (Å²) in [6.07, 6.45) is 0. The van der Waals surface area contributed by atoms with Gasteiger partial charge >= 0.3 is 0 Å². The van der Waals surface area contributed by atoms with Crippen LogP contribution in [-0.4, -0.2) is 33.5 Å². The van der Waals surface area contributed by atoms with E-state index in [0.29, 0.717) is 11.6 Å². The van der Waals surface area contributed by atoms with Crippen molar-refractivity contribution in [3.8, 4) is 0 Å². The van der Waals surface area contributed by atoms with Crippen LogP contribution in [0, 0.1) is 0 Å². The zero-order valence-corrected chi connectivity index (χ0v) is 8.78. The van der Waals surface area contributed by atoms with Crippen LogP contribution in [-0.2, 0) is 4.79 Å². The van der Waals surface area contributed by atoms with E-state index in [9.17, 15) is 9.90 Å². The highest BCUT2D eigenvalue weighted by molar-refractivity contribution is 8.00. The Balaban J connectivity index is 4.15. The Labute approximate surface area is 81.7 Å². The van der Waals surface area contributed by atoms with E-state index < -0.39 is 16.8 Å². The first-order valence-electron chi connectivity index (χ1n) is 3.59. The smallest absolute Gasteiger partial charge is 0.233 e. The van der Waals surface area contributed by atoms with E-state index in [4.69, 9.17) is 17.3 Å². The quantitative estimate of drug-likeness (QED) is 0.655. The molecule has 0 aromatic carbocycles. The fourth-order valence-corrected chi connectivity index (χ4v) is 1.96. The monoisotopic (exact) mass is 211 g/mol. The van der Waals surface area contributed by atoms with Crippen LogP contribution in [0.25, 0.3) is 0 Å². The number of alkyl halides is 1. The molecule has 0 aliphatic carbocycles. The van der Waals surface area contributed by atoms with Gasteiger partial charge in [0.2, 0.25) is 5.91 Å². The highest BCUT2D eigenvalue weighted by Gasteiger charge is 2.31. The number of primary amides is 1. The lowest BCUT2D eigenvalue weighted by atomic mass is 10.1. The third-order valence-corrected chi connectivity index (χ3v) is 3.26. The van der Waals surface area contributed by atoms with Crippen molar-refractivity contribution in [1.29, 1.82) is 0 Å². The summed E-state index contributed by atoms with van der Waals surface area (Å²) >= 11 is 6.73. The average molecular weight is 212 g/mol. The predicted molar refractivity (Wildman–Crippen MR) is 52.5 cm³/mol. The first kappa shape index (κ1) is 12.1.